The number of hydrogen-bond donors (Lipinski definition) is 1. The summed E-state index contributed by atoms with van der Waals surface area (Å²) in [6, 6.07) is 0.106. The molecule has 1 N–H and O–H groups in total. The van der Waals surface area contributed by atoms with Gasteiger partial charge in [-0.25, -0.2) is 4.79 Å². The molecule has 1 fully saturated rings. The zero-order valence-electron chi connectivity index (χ0n) is 8.64. The quantitative estimate of drug-likeness (QED) is 0.396. The maximum absolute atomic E-state index is 11.5. The zero-order chi connectivity index (χ0) is 11.2. The molecular formula is C10H13NO4. The van der Waals surface area contributed by atoms with Crippen LogP contribution in [0.5, 0.6) is 0 Å². The van der Waals surface area contributed by atoms with Crippen LogP contribution in [0.15, 0.2) is 11.8 Å². The van der Waals surface area contributed by atoms with Gasteiger partial charge in [0.15, 0.2) is 6.29 Å². The third kappa shape index (κ3) is 1.52. The lowest BCUT2D eigenvalue weighted by Gasteiger charge is -2.35. The number of nitrogens with zero attached hydrogens (tertiary/aromatic N) is 1. The third-order valence-corrected chi connectivity index (χ3v) is 2.89. The van der Waals surface area contributed by atoms with E-state index in [4.69, 9.17) is 5.11 Å². The molecule has 0 aromatic rings. The Morgan fingerprint density at radius 3 is 2.87 bits per heavy atom. The molecule has 1 unspecified atom stereocenters. The molecule has 3 atom stereocenters. The molecule has 82 valence electrons. The van der Waals surface area contributed by atoms with E-state index in [0.29, 0.717) is 12.0 Å². The number of amides is 1. The molecular weight excluding hydrogens is 198 g/mol. The van der Waals surface area contributed by atoms with Crippen LogP contribution in [0.3, 0.4) is 0 Å². The molecule has 2 aliphatic rings. The summed E-state index contributed by atoms with van der Waals surface area (Å²) in [7, 11) is 0. The molecule has 0 spiro atoms. The fraction of sp³-hybridized carbons (Fsp3) is 0.600. The van der Waals surface area contributed by atoms with Gasteiger partial charge in [-0.1, -0.05) is 6.92 Å². The van der Waals surface area contributed by atoms with Crippen LogP contribution in [0.25, 0.3) is 0 Å². The van der Waals surface area contributed by atoms with Gasteiger partial charge in [0.25, 0.3) is 0 Å². The molecule has 0 bridgehead atoms. The maximum Gasteiger partial charge on any atom is 0.338 e. The van der Waals surface area contributed by atoms with E-state index >= 15 is 0 Å². The number of β-lactam (4-membered cyclic amide) rings is 1. The molecule has 1 amide bonds. The lowest BCUT2D eigenvalue weighted by atomic mass is 9.90. The number of ether oxygens (including phenoxy) is 1. The van der Waals surface area contributed by atoms with E-state index in [9.17, 15) is 9.59 Å². The summed E-state index contributed by atoms with van der Waals surface area (Å²) in [5, 5.41) is 8.92. The average molecular weight is 211 g/mol. The Bertz CT molecular complexity index is 347. The van der Waals surface area contributed by atoms with Crippen molar-refractivity contribution in [2.24, 2.45) is 5.92 Å². The molecule has 5 heteroatoms. The second-order valence-corrected chi connectivity index (χ2v) is 3.95. The van der Waals surface area contributed by atoms with Crippen molar-refractivity contribution in [2.75, 3.05) is 0 Å². The molecule has 0 saturated carbocycles. The van der Waals surface area contributed by atoms with Gasteiger partial charge in [0.05, 0.1) is 11.6 Å². The van der Waals surface area contributed by atoms with Crippen LogP contribution >= 0.6 is 0 Å². The molecule has 0 aromatic heterocycles. The number of fused-ring (bicyclic) bond motifs is 1. The van der Waals surface area contributed by atoms with Crippen molar-refractivity contribution in [3.63, 3.8) is 0 Å². The van der Waals surface area contributed by atoms with E-state index in [1.54, 1.807) is 4.90 Å². The van der Waals surface area contributed by atoms with Gasteiger partial charge >= 0.3 is 5.97 Å². The van der Waals surface area contributed by atoms with Crippen molar-refractivity contribution in [2.45, 2.75) is 32.6 Å². The summed E-state index contributed by atoms with van der Waals surface area (Å²) in [5.74, 6) is -0.514. The minimum atomic E-state index is -1.12. The van der Waals surface area contributed by atoms with Gasteiger partial charge in [0.2, 0.25) is 5.91 Å². The lowest BCUT2D eigenvalue weighted by molar-refractivity contribution is -0.160. The Labute approximate surface area is 87.3 Å². The van der Waals surface area contributed by atoms with Crippen LogP contribution in [-0.4, -0.2) is 34.2 Å². The van der Waals surface area contributed by atoms with Gasteiger partial charge in [-0.2, -0.15) is 0 Å². The molecule has 5 nitrogen and oxygen atoms in total. The minimum absolute atomic E-state index is 0.00560. The fourth-order valence-corrected chi connectivity index (χ4v) is 1.98. The molecule has 0 aliphatic carbocycles. The van der Waals surface area contributed by atoms with Gasteiger partial charge in [-0.3, -0.25) is 4.79 Å². The second-order valence-electron chi connectivity index (χ2n) is 3.95. The number of aliphatic hydroxyl groups excluding tert-OH is 1. The van der Waals surface area contributed by atoms with E-state index in [2.05, 4.69) is 4.74 Å². The van der Waals surface area contributed by atoms with Crippen LogP contribution in [0.2, 0.25) is 0 Å². The summed E-state index contributed by atoms with van der Waals surface area (Å²) in [4.78, 5) is 24.2. The average Bonchev–Trinajstić information content (AvgIpc) is 2.37. The van der Waals surface area contributed by atoms with Gasteiger partial charge in [0, 0.05) is 18.5 Å². The highest BCUT2D eigenvalue weighted by molar-refractivity contribution is 5.94. The lowest BCUT2D eigenvalue weighted by Crippen LogP contribution is -2.48. The molecule has 0 aromatic carbocycles. The van der Waals surface area contributed by atoms with Gasteiger partial charge in [-0.15, -0.1) is 0 Å². The number of carbonyl (C=O) groups is 2. The van der Waals surface area contributed by atoms with E-state index in [0.717, 1.165) is 0 Å². The van der Waals surface area contributed by atoms with Gasteiger partial charge in [-0.05, 0) is 6.92 Å². The Kier molecular flexibility index (Phi) is 2.26. The summed E-state index contributed by atoms with van der Waals surface area (Å²) >= 11 is 0. The highest BCUT2D eigenvalue weighted by atomic mass is 16.6. The van der Waals surface area contributed by atoms with Crippen molar-refractivity contribution < 1.29 is 19.4 Å². The van der Waals surface area contributed by atoms with Crippen LogP contribution in [0.1, 0.15) is 20.3 Å². The first-order valence-corrected chi connectivity index (χ1v) is 4.92. The Balaban J connectivity index is 2.10. The van der Waals surface area contributed by atoms with Gasteiger partial charge in [0.1, 0.15) is 0 Å². The number of carbonyl (C=O) groups excluding carboxylic acids is 2. The van der Waals surface area contributed by atoms with Crippen LogP contribution in [0.4, 0.5) is 0 Å². The SMILES string of the molecule is CC1C(C(=O)O[C@H](C)O)=CN2C(=O)C[C@@H]12. The monoisotopic (exact) mass is 211 g/mol. The summed E-state index contributed by atoms with van der Waals surface area (Å²) < 4.78 is 4.67. The molecule has 0 radical (unpaired) electrons. The Morgan fingerprint density at radius 1 is 1.73 bits per heavy atom. The Hall–Kier alpha value is -1.36. The van der Waals surface area contributed by atoms with Crippen molar-refractivity contribution in [1.29, 1.82) is 0 Å². The van der Waals surface area contributed by atoms with Crippen molar-refractivity contribution in [3.05, 3.63) is 11.8 Å². The standard InChI is InChI=1S/C10H13NO4/c1-5-7(10(14)15-6(2)12)4-11-8(5)3-9(11)13/h4-6,8,12H,3H2,1-2H3/t5?,6-,8+/m1/s1. The minimum Gasteiger partial charge on any atom is -0.433 e. The molecule has 1 saturated heterocycles. The summed E-state index contributed by atoms with van der Waals surface area (Å²) in [5.41, 5.74) is 0.465. The largest absolute Gasteiger partial charge is 0.433 e. The smallest absolute Gasteiger partial charge is 0.338 e. The van der Waals surface area contributed by atoms with Gasteiger partial charge < -0.3 is 14.7 Å². The first-order valence-electron chi connectivity index (χ1n) is 4.92. The van der Waals surface area contributed by atoms with Crippen molar-refractivity contribution in [3.8, 4) is 0 Å². The topological polar surface area (TPSA) is 66.8 Å². The summed E-state index contributed by atoms with van der Waals surface area (Å²) in [6.45, 7) is 3.25. The number of hydrogen-bond acceptors (Lipinski definition) is 4. The van der Waals surface area contributed by atoms with E-state index < -0.39 is 12.3 Å². The number of rotatable bonds is 2. The Morgan fingerprint density at radius 2 is 2.40 bits per heavy atom. The van der Waals surface area contributed by atoms with E-state index in [1.807, 2.05) is 6.92 Å². The van der Waals surface area contributed by atoms with Crippen LogP contribution in [-0.2, 0) is 14.3 Å². The molecule has 2 aliphatic heterocycles. The van der Waals surface area contributed by atoms with Crippen molar-refractivity contribution in [1.82, 2.24) is 4.90 Å². The third-order valence-electron chi connectivity index (χ3n) is 2.89. The predicted octanol–water partition coefficient (Wildman–Crippen LogP) is 0.00240. The van der Waals surface area contributed by atoms with Crippen LogP contribution < -0.4 is 0 Å². The first kappa shape index (κ1) is 10.2. The molecule has 15 heavy (non-hydrogen) atoms. The normalized spacial score (nSPS) is 30.5. The molecule has 2 rings (SSSR count). The highest BCUT2D eigenvalue weighted by Gasteiger charge is 2.46. The number of esters is 1. The maximum atomic E-state index is 11.5. The zero-order valence-corrected chi connectivity index (χ0v) is 8.64. The second kappa shape index (κ2) is 3.34. The fourth-order valence-electron chi connectivity index (χ4n) is 1.98. The predicted molar refractivity (Wildman–Crippen MR) is 50.3 cm³/mol. The van der Waals surface area contributed by atoms with Crippen molar-refractivity contribution >= 4 is 11.9 Å². The first-order chi connectivity index (χ1) is 7.00. The van der Waals surface area contributed by atoms with E-state index in [1.165, 1.54) is 13.1 Å². The summed E-state index contributed by atoms with van der Waals surface area (Å²) in [6.07, 6.45) is 0.907. The number of aliphatic hydroxyl groups is 1. The van der Waals surface area contributed by atoms with E-state index in [-0.39, 0.29) is 17.9 Å². The molecule has 2 heterocycles. The van der Waals surface area contributed by atoms with Crippen LogP contribution in [0, 0.1) is 5.92 Å². The highest BCUT2D eigenvalue weighted by Crippen LogP contribution is 2.37.